The fraction of sp³-hybridized carbons (Fsp3) is 0.500. The normalized spacial score (nSPS) is 12.6. The molecule has 1 rings (SSSR count). The van der Waals surface area contributed by atoms with Crippen molar-refractivity contribution >= 4 is 49.1 Å². The third-order valence-corrected chi connectivity index (χ3v) is 4.46. The van der Waals surface area contributed by atoms with E-state index < -0.39 is 0 Å². The number of hydrogen-bond acceptors (Lipinski definition) is 3. The first-order valence-electron chi connectivity index (χ1n) is 4.80. The van der Waals surface area contributed by atoms with E-state index in [9.17, 15) is 4.79 Å². The standard InChI is InChI=1S/C10H13Br2NO2S/c1-6(14)3-4-13(2)10(15)7-5-8(11)16-9(7)12/h5-6,14H,3-4H2,1-2H3. The molecule has 1 amide bonds. The van der Waals surface area contributed by atoms with Crippen molar-refractivity contribution in [3.8, 4) is 0 Å². The van der Waals surface area contributed by atoms with Crippen molar-refractivity contribution in [3.63, 3.8) is 0 Å². The lowest BCUT2D eigenvalue weighted by molar-refractivity contribution is 0.0768. The maximum Gasteiger partial charge on any atom is 0.255 e. The lowest BCUT2D eigenvalue weighted by Crippen LogP contribution is -2.29. The van der Waals surface area contributed by atoms with Crippen LogP contribution in [0.4, 0.5) is 0 Å². The zero-order valence-corrected chi connectivity index (χ0v) is 13.0. The number of carbonyl (C=O) groups is 1. The molecule has 16 heavy (non-hydrogen) atoms. The van der Waals surface area contributed by atoms with Gasteiger partial charge in [-0.15, -0.1) is 11.3 Å². The highest BCUT2D eigenvalue weighted by atomic mass is 79.9. The van der Waals surface area contributed by atoms with Gasteiger partial charge in [0.15, 0.2) is 0 Å². The van der Waals surface area contributed by atoms with Crippen LogP contribution in [0.2, 0.25) is 0 Å². The predicted molar refractivity (Wildman–Crippen MR) is 73.0 cm³/mol. The molecular weight excluding hydrogens is 358 g/mol. The largest absolute Gasteiger partial charge is 0.393 e. The Morgan fingerprint density at radius 2 is 2.25 bits per heavy atom. The number of aliphatic hydroxyl groups is 1. The van der Waals surface area contributed by atoms with Crippen molar-refractivity contribution in [2.24, 2.45) is 0 Å². The smallest absolute Gasteiger partial charge is 0.255 e. The van der Waals surface area contributed by atoms with Crippen molar-refractivity contribution in [2.75, 3.05) is 13.6 Å². The molecule has 0 saturated heterocycles. The van der Waals surface area contributed by atoms with Crippen LogP contribution in [0.3, 0.4) is 0 Å². The Morgan fingerprint density at radius 1 is 1.62 bits per heavy atom. The molecule has 0 aliphatic rings. The summed E-state index contributed by atoms with van der Waals surface area (Å²) in [6.07, 6.45) is 0.207. The van der Waals surface area contributed by atoms with Gasteiger partial charge >= 0.3 is 0 Å². The van der Waals surface area contributed by atoms with Crippen LogP contribution in [0.15, 0.2) is 13.6 Å². The Labute approximate surface area is 116 Å². The SMILES string of the molecule is CC(O)CCN(C)C(=O)c1cc(Br)sc1Br. The average molecular weight is 371 g/mol. The second-order valence-corrected chi connectivity index (χ2v) is 7.35. The molecule has 1 aromatic rings. The number of amides is 1. The van der Waals surface area contributed by atoms with Gasteiger partial charge in [-0.2, -0.15) is 0 Å². The topological polar surface area (TPSA) is 40.5 Å². The monoisotopic (exact) mass is 369 g/mol. The number of rotatable bonds is 4. The van der Waals surface area contributed by atoms with E-state index >= 15 is 0 Å². The van der Waals surface area contributed by atoms with Gasteiger partial charge in [0, 0.05) is 13.6 Å². The van der Waals surface area contributed by atoms with Gasteiger partial charge in [0.25, 0.3) is 5.91 Å². The van der Waals surface area contributed by atoms with Crippen LogP contribution in [0.1, 0.15) is 23.7 Å². The lowest BCUT2D eigenvalue weighted by Gasteiger charge is -2.17. The van der Waals surface area contributed by atoms with E-state index in [4.69, 9.17) is 5.11 Å². The fourth-order valence-corrected chi connectivity index (χ4v) is 3.95. The highest BCUT2D eigenvalue weighted by Gasteiger charge is 2.17. The number of thiophene rings is 1. The van der Waals surface area contributed by atoms with Gasteiger partial charge in [-0.3, -0.25) is 4.79 Å². The molecule has 0 aliphatic heterocycles. The fourth-order valence-electron chi connectivity index (χ4n) is 1.17. The first-order valence-corrected chi connectivity index (χ1v) is 7.20. The van der Waals surface area contributed by atoms with E-state index in [2.05, 4.69) is 31.9 Å². The second kappa shape index (κ2) is 6.14. The molecule has 3 nitrogen and oxygen atoms in total. The zero-order chi connectivity index (χ0) is 12.3. The molecule has 1 aromatic heterocycles. The highest BCUT2D eigenvalue weighted by molar-refractivity contribution is 9.12. The van der Waals surface area contributed by atoms with Crippen molar-refractivity contribution in [3.05, 3.63) is 19.2 Å². The van der Waals surface area contributed by atoms with Gasteiger partial charge in [-0.05, 0) is 51.3 Å². The summed E-state index contributed by atoms with van der Waals surface area (Å²) < 4.78 is 1.75. The minimum atomic E-state index is -0.382. The molecule has 0 bridgehead atoms. The summed E-state index contributed by atoms with van der Waals surface area (Å²) in [7, 11) is 1.74. The Kier molecular flexibility index (Phi) is 5.43. The van der Waals surface area contributed by atoms with Crippen molar-refractivity contribution in [1.29, 1.82) is 0 Å². The van der Waals surface area contributed by atoms with Crippen molar-refractivity contribution < 1.29 is 9.90 Å². The van der Waals surface area contributed by atoms with E-state index in [1.807, 2.05) is 0 Å². The zero-order valence-electron chi connectivity index (χ0n) is 9.04. The first-order chi connectivity index (χ1) is 7.41. The molecule has 0 spiro atoms. The van der Waals surface area contributed by atoms with E-state index in [0.717, 1.165) is 7.57 Å². The molecule has 90 valence electrons. The van der Waals surface area contributed by atoms with Crippen molar-refractivity contribution in [1.82, 2.24) is 4.90 Å². The number of carbonyl (C=O) groups excluding carboxylic acids is 1. The van der Waals surface area contributed by atoms with E-state index in [1.54, 1.807) is 24.9 Å². The average Bonchev–Trinajstić information content (AvgIpc) is 2.53. The van der Waals surface area contributed by atoms with E-state index in [1.165, 1.54) is 11.3 Å². The third kappa shape index (κ3) is 3.84. The van der Waals surface area contributed by atoms with Crippen LogP contribution >= 0.6 is 43.2 Å². The van der Waals surface area contributed by atoms with Crippen LogP contribution in [0.25, 0.3) is 0 Å². The highest BCUT2D eigenvalue weighted by Crippen LogP contribution is 2.32. The summed E-state index contributed by atoms with van der Waals surface area (Å²) in [5.41, 5.74) is 0.657. The lowest BCUT2D eigenvalue weighted by atomic mass is 10.2. The molecule has 0 aliphatic carbocycles. The Balaban J connectivity index is 2.67. The molecule has 0 saturated carbocycles. The quantitative estimate of drug-likeness (QED) is 0.884. The summed E-state index contributed by atoms with van der Waals surface area (Å²) in [5, 5.41) is 9.16. The maximum atomic E-state index is 12.0. The summed E-state index contributed by atoms with van der Waals surface area (Å²) in [5.74, 6) is -0.0329. The molecule has 0 radical (unpaired) electrons. The van der Waals surface area contributed by atoms with Gasteiger partial charge in [-0.25, -0.2) is 0 Å². The molecule has 1 atom stereocenters. The number of nitrogens with zero attached hydrogens (tertiary/aromatic N) is 1. The first kappa shape index (κ1) is 14.2. The molecule has 1 N–H and O–H groups in total. The molecule has 1 unspecified atom stereocenters. The van der Waals surface area contributed by atoms with Crippen LogP contribution in [-0.2, 0) is 0 Å². The third-order valence-electron chi connectivity index (χ3n) is 2.12. The molecule has 0 fully saturated rings. The summed E-state index contributed by atoms with van der Waals surface area (Å²) in [6, 6.07) is 1.80. The molecule has 1 heterocycles. The van der Waals surface area contributed by atoms with Crippen LogP contribution < -0.4 is 0 Å². The molecule has 6 heteroatoms. The minimum Gasteiger partial charge on any atom is -0.393 e. The Morgan fingerprint density at radius 3 is 2.69 bits per heavy atom. The van der Waals surface area contributed by atoms with Crippen LogP contribution in [0.5, 0.6) is 0 Å². The summed E-state index contributed by atoms with van der Waals surface area (Å²) in [4.78, 5) is 13.6. The number of hydrogen-bond donors (Lipinski definition) is 1. The molecule has 0 aromatic carbocycles. The Hall–Kier alpha value is 0.0900. The minimum absolute atomic E-state index is 0.0329. The molecular formula is C10H13Br2NO2S. The van der Waals surface area contributed by atoms with Crippen LogP contribution in [-0.4, -0.2) is 35.6 Å². The maximum absolute atomic E-state index is 12.0. The summed E-state index contributed by atoms with van der Waals surface area (Å²) >= 11 is 8.17. The Bertz CT molecular complexity index is 379. The summed E-state index contributed by atoms with van der Waals surface area (Å²) in [6.45, 7) is 2.27. The van der Waals surface area contributed by atoms with E-state index in [0.29, 0.717) is 18.5 Å². The van der Waals surface area contributed by atoms with Crippen molar-refractivity contribution in [2.45, 2.75) is 19.4 Å². The number of halogens is 2. The number of aliphatic hydroxyl groups excluding tert-OH is 1. The van der Waals surface area contributed by atoms with Gasteiger partial charge < -0.3 is 10.0 Å². The predicted octanol–water partition coefficient (Wildman–Crippen LogP) is 3.12. The van der Waals surface area contributed by atoms with Gasteiger partial charge in [0.05, 0.1) is 19.2 Å². The van der Waals surface area contributed by atoms with E-state index in [-0.39, 0.29) is 12.0 Å². The second-order valence-electron chi connectivity index (χ2n) is 3.60. The van der Waals surface area contributed by atoms with Gasteiger partial charge in [0.1, 0.15) is 0 Å². The van der Waals surface area contributed by atoms with Gasteiger partial charge in [-0.1, -0.05) is 0 Å². The van der Waals surface area contributed by atoms with Gasteiger partial charge in [0.2, 0.25) is 0 Å². The van der Waals surface area contributed by atoms with Crippen LogP contribution in [0, 0.1) is 0 Å².